The molecule has 3 heterocycles. The van der Waals surface area contributed by atoms with E-state index in [1.807, 2.05) is 19.1 Å². The van der Waals surface area contributed by atoms with Crippen molar-refractivity contribution in [1.29, 1.82) is 0 Å². The summed E-state index contributed by atoms with van der Waals surface area (Å²) in [7, 11) is 1.71. The molecule has 1 aromatic heterocycles. The molecule has 2 saturated heterocycles. The summed E-state index contributed by atoms with van der Waals surface area (Å²) in [5.74, 6) is 2.49. The lowest BCUT2D eigenvalue weighted by atomic mass is 9.98. The van der Waals surface area contributed by atoms with Crippen molar-refractivity contribution in [2.75, 3.05) is 46.5 Å². The maximum absolute atomic E-state index is 6.21. The Hall–Kier alpha value is -2.41. The fourth-order valence-electron chi connectivity index (χ4n) is 5.27. The van der Waals surface area contributed by atoms with Gasteiger partial charge in [0.1, 0.15) is 11.5 Å². The molecule has 0 aliphatic carbocycles. The van der Waals surface area contributed by atoms with E-state index in [9.17, 15) is 0 Å². The summed E-state index contributed by atoms with van der Waals surface area (Å²) in [6.07, 6.45) is 5.08. The van der Waals surface area contributed by atoms with Crippen LogP contribution in [0.4, 0.5) is 0 Å². The average Bonchev–Trinajstić information content (AvgIpc) is 3.23. The SMILES string of the molecule is COc1ccc(-c2nc(CN3CCCC[C@@H]3CCN3CCOCC3)c(C)o2)c2ccccc12. The van der Waals surface area contributed by atoms with Gasteiger partial charge in [-0.2, -0.15) is 0 Å². The van der Waals surface area contributed by atoms with Crippen LogP contribution >= 0.6 is 0 Å². The monoisotopic (exact) mass is 449 g/mol. The van der Waals surface area contributed by atoms with Gasteiger partial charge in [-0.1, -0.05) is 30.7 Å². The molecule has 6 nitrogen and oxygen atoms in total. The highest BCUT2D eigenvalue weighted by molar-refractivity contribution is 5.98. The lowest BCUT2D eigenvalue weighted by Crippen LogP contribution is -2.43. The minimum Gasteiger partial charge on any atom is -0.496 e. The number of morpholine rings is 1. The van der Waals surface area contributed by atoms with E-state index in [2.05, 4.69) is 34.1 Å². The highest BCUT2D eigenvalue weighted by Gasteiger charge is 2.26. The zero-order valence-electron chi connectivity index (χ0n) is 19.9. The van der Waals surface area contributed by atoms with E-state index in [1.165, 1.54) is 25.7 Å². The molecule has 176 valence electrons. The number of oxazole rings is 1. The maximum Gasteiger partial charge on any atom is 0.227 e. The summed E-state index contributed by atoms with van der Waals surface area (Å²) in [4.78, 5) is 10.2. The van der Waals surface area contributed by atoms with E-state index < -0.39 is 0 Å². The van der Waals surface area contributed by atoms with Gasteiger partial charge in [0.25, 0.3) is 0 Å². The van der Waals surface area contributed by atoms with E-state index in [1.54, 1.807) is 7.11 Å². The number of hydrogen-bond donors (Lipinski definition) is 0. The fourth-order valence-corrected chi connectivity index (χ4v) is 5.27. The highest BCUT2D eigenvalue weighted by Crippen LogP contribution is 2.35. The highest BCUT2D eigenvalue weighted by atomic mass is 16.5. The Bertz CT molecular complexity index is 1070. The maximum atomic E-state index is 6.21. The van der Waals surface area contributed by atoms with E-state index in [4.69, 9.17) is 18.9 Å². The Balaban J connectivity index is 1.33. The Labute approximate surface area is 196 Å². The van der Waals surface area contributed by atoms with Crippen molar-refractivity contribution in [3.63, 3.8) is 0 Å². The van der Waals surface area contributed by atoms with Crippen molar-refractivity contribution >= 4 is 10.8 Å². The third-order valence-electron chi connectivity index (χ3n) is 7.21. The molecule has 2 aromatic carbocycles. The van der Waals surface area contributed by atoms with Crippen LogP contribution in [-0.2, 0) is 11.3 Å². The smallest absolute Gasteiger partial charge is 0.227 e. The van der Waals surface area contributed by atoms with Gasteiger partial charge >= 0.3 is 0 Å². The second-order valence-corrected chi connectivity index (χ2v) is 9.25. The molecule has 3 aromatic rings. The molecule has 0 amide bonds. The first-order valence-corrected chi connectivity index (χ1v) is 12.3. The summed E-state index contributed by atoms with van der Waals surface area (Å²) < 4.78 is 17.3. The van der Waals surface area contributed by atoms with Crippen LogP contribution in [0.25, 0.3) is 22.2 Å². The molecule has 0 bridgehead atoms. The molecule has 2 aliphatic heterocycles. The van der Waals surface area contributed by atoms with E-state index in [-0.39, 0.29) is 0 Å². The van der Waals surface area contributed by atoms with Gasteiger partial charge in [0, 0.05) is 36.6 Å². The molecule has 0 unspecified atom stereocenters. The van der Waals surface area contributed by atoms with Gasteiger partial charge in [-0.15, -0.1) is 0 Å². The van der Waals surface area contributed by atoms with Gasteiger partial charge < -0.3 is 13.9 Å². The summed E-state index contributed by atoms with van der Waals surface area (Å²) in [6.45, 7) is 9.07. The first kappa shape index (κ1) is 22.4. The van der Waals surface area contributed by atoms with Crippen LogP contribution in [0.5, 0.6) is 5.75 Å². The number of fused-ring (bicyclic) bond motifs is 1. The van der Waals surface area contributed by atoms with Crippen LogP contribution in [0, 0.1) is 6.92 Å². The minimum atomic E-state index is 0.614. The van der Waals surface area contributed by atoms with Crippen LogP contribution in [0.3, 0.4) is 0 Å². The molecule has 1 atom stereocenters. The van der Waals surface area contributed by atoms with Crippen molar-refractivity contribution in [2.45, 2.75) is 45.2 Å². The molecular formula is C27H35N3O3. The quantitative estimate of drug-likeness (QED) is 0.512. The Morgan fingerprint density at radius 3 is 2.67 bits per heavy atom. The molecule has 2 aliphatic rings. The molecule has 2 fully saturated rings. The second kappa shape index (κ2) is 10.2. The van der Waals surface area contributed by atoms with Crippen LogP contribution in [0.15, 0.2) is 40.8 Å². The number of methoxy groups -OCH3 is 1. The first-order chi connectivity index (χ1) is 16.2. The van der Waals surface area contributed by atoms with Gasteiger partial charge in [0.05, 0.1) is 26.0 Å². The van der Waals surface area contributed by atoms with Crippen molar-refractivity contribution in [3.05, 3.63) is 47.9 Å². The summed E-state index contributed by atoms with van der Waals surface area (Å²) in [6, 6.07) is 13.0. The molecule has 0 spiro atoms. The molecule has 0 N–H and O–H groups in total. The van der Waals surface area contributed by atoms with Crippen molar-refractivity contribution in [2.24, 2.45) is 0 Å². The van der Waals surface area contributed by atoms with Gasteiger partial charge in [-0.05, 0) is 56.8 Å². The van der Waals surface area contributed by atoms with Crippen LogP contribution in [-0.4, -0.2) is 67.3 Å². The van der Waals surface area contributed by atoms with Gasteiger partial charge in [0.2, 0.25) is 5.89 Å². The lowest BCUT2D eigenvalue weighted by molar-refractivity contribution is 0.0301. The van der Waals surface area contributed by atoms with Crippen LogP contribution in [0.2, 0.25) is 0 Å². The Morgan fingerprint density at radius 2 is 1.85 bits per heavy atom. The third kappa shape index (κ3) is 4.93. The van der Waals surface area contributed by atoms with Crippen molar-refractivity contribution < 1.29 is 13.9 Å². The number of nitrogens with zero attached hydrogens (tertiary/aromatic N) is 3. The predicted molar refractivity (Wildman–Crippen MR) is 131 cm³/mol. The number of rotatable bonds is 7. The van der Waals surface area contributed by atoms with Gasteiger partial charge in [0.15, 0.2) is 0 Å². The zero-order chi connectivity index (χ0) is 22.6. The third-order valence-corrected chi connectivity index (χ3v) is 7.21. The number of hydrogen-bond acceptors (Lipinski definition) is 6. The van der Waals surface area contributed by atoms with E-state index in [0.29, 0.717) is 11.9 Å². The van der Waals surface area contributed by atoms with Crippen molar-refractivity contribution in [1.82, 2.24) is 14.8 Å². The first-order valence-electron chi connectivity index (χ1n) is 12.3. The molecule has 0 radical (unpaired) electrons. The molecule has 5 rings (SSSR count). The van der Waals surface area contributed by atoms with Gasteiger partial charge in [-0.3, -0.25) is 9.80 Å². The standard InChI is InChI=1S/C27H35N3O3/c1-20-25(19-30-13-6-5-7-21(30)12-14-29-15-17-32-18-16-29)28-27(33-20)24-10-11-26(31-2)23-9-4-3-8-22(23)24/h3-4,8-11,21H,5-7,12-19H2,1-2H3/t21-/m1/s1. The lowest BCUT2D eigenvalue weighted by Gasteiger charge is -2.37. The van der Waals surface area contributed by atoms with Gasteiger partial charge in [-0.25, -0.2) is 4.98 Å². The molecule has 0 saturated carbocycles. The number of piperidine rings is 1. The van der Waals surface area contributed by atoms with E-state index in [0.717, 1.165) is 79.5 Å². The summed E-state index contributed by atoms with van der Waals surface area (Å²) >= 11 is 0. The predicted octanol–water partition coefficient (Wildman–Crippen LogP) is 4.89. The molecule has 6 heteroatoms. The Morgan fingerprint density at radius 1 is 1.03 bits per heavy atom. The zero-order valence-corrected chi connectivity index (χ0v) is 19.9. The minimum absolute atomic E-state index is 0.614. The van der Waals surface area contributed by atoms with Crippen LogP contribution < -0.4 is 4.74 Å². The largest absolute Gasteiger partial charge is 0.496 e. The fraction of sp³-hybridized carbons (Fsp3) is 0.519. The summed E-state index contributed by atoms with van der Waals surface area (Å²) in [5, 5.41) is 2.18. The Kier molecular flexibility index (Phi) is 6.95. The van der Waals surface area contributed by atoms with E-state index >= 15 is 0 Å². The molecule has 33 heavy (non-hydrogen) atoms. The normalized spacial score (nSPS) is 20.4. The van der Waals surface area contributed by atoms with Crippen molar-refractivity contribution in [3.8, 4) is 17.2 Å². The van der Waals surface area contributed by atoms with Crippen LogP contribution in [0.1, 0.15) is 37.1 Å². The average molecular weight is 450 g/mol. The number of aryl methyl sites for hydroxylation is 1. The number of benzene rings is 2. The number of likely N-dealkylation sites (tertiary alicyclic amines) is 1. The second-order valence-electron chi connectivity index (χ2n) is 9.25. The topological polar surface area (TPSA) is 51.0 Å². The molecular weight excluding hydrogens is 414 g/mol. The number of ether oxygens (including phenoxy) is 2. The number of aromatic nitrogens is 1. The summed E-state index contributed by atoms with van der Waals surface area (Å²) in [5.41, 5.74) is 2.08.